The number of hydrogen-bond donors (Lipinski definition) is 0. The van der Waals surface area contributed by atoms with Crippen LogP contribution < -0.4 is 0 Å². The second kappa shape index (κ2) is 5.14. The zero-order chi connectivity index (χ0) is 16.9. The lowest BCUT2D eigenvalue weighted by Gasteiger charge is -2.57. The smallest absolute Gasteiger partial charge is 0.258 e. The number of carbonyl (C=O) groups is 1. The molecule has 126 valence electrons. The molecule has 3 heterocycles. The lowest BCUT2D eigenvalue weighted by molar-refractivity contribution is -0.172. The molecule has 0 aliphatic carbocycles. The van der Waals surface area contributed by atoms with Gasteiger partial charge in [-0.3, -0.25) is 4.79 Å². The minimum Gasteiger partial charge on any atom is -0.376 e. The molecular weight excluding hydrogens is 306 g/mol. The highest BCUT2D eigenvalue weighted by molar-refractivity contribution is 6.00. The van der Waals surface area contributed by atoms with Crippen molar-refractivity contribution in [1.29, 1.82) is 0 Å². The molecule has 0 N–H and O–H groups in total. The summed E-state index contributed by atoms with van der Waals surface area (Å²) in [5.74, 6) is 1.03. The fraction of sp³-hybridized carbons (Fsp3) is 0.500. The Hall–Kier alpha value is -2.21. The molecule has 2 aromatic rings. The van der Waals surface area contributed by atoms with Gasteiger partial charge < -0.3 is 14.2 Å². The van der Waals surface area contributed by atoms with Crippen molar-refractivity contribution in [3.63, 3.8) is 0 Å². The summed E-state index contributed by atoms with van der Waals surface area (Å²) in [6.45, 7) is 8.12. The van der Waals surface area contributed by atoms with E-state index in [-0.39, 0.29) is 16.9 Å². The van der Waals surface area contributed by atoms with E-state index >= 15 is 0 Å². The summed E-state index contributed by atoms with van der Waals surface area (Å²) in [5, 5.41) is 4.07. The summed E-state index contributed by atoms with van der Waals surface area (Å²) in [7, 11) is 0. The molecular formula is C18H21N3O3. The molecule has 0 atom stereocenters. The van der Waals surface area contributed by atoms with Gasteiger partial charge in [-0.1, -0.05) is 38.1 Å². The molecule has 2 aliphatic rings. The molecule has 24 heavy (non-hydrogen) atoms. The molecule has 0 unspecified atom stereocenters. The summed E-state index contributed by atoms with van der Waals surface area (Å²) in [6.07, 6.45) is 1.01. The molecule has 1 spiro atoms. The number of amides is 1. The average Bonchev–Trinajstić information content (AvgIpc) is 2.94. The van der Waals surface area contributed by atoms with Gasteiger partial charge in [0.05, 0.1) is 29.9 Å². The molecule has 6 nitrogen and oxygen atoms in total. The van der Waals surface area contributed by atoms with Crippen LogP contribution in [0.4, 0.5) is 0 Å². The van der Waals surface area contributed by atoms with Gasteiger partial charge in [0.25, 0.3) is 11.8 Å². The fourth-order valence-corrected chi connectivity index (χ4v) is 3.13. The highest BCUT2D eigenvalue weighted by atomic mass is 16.5. The van der Waals surface area contributed by atoms with E-state index in [2.05, 4.69) is 10.1 Å². The second-order valence-electron chi connectivity index (χ2n) is 7.64. The molecule has 1 amide bonds. The summed E-state index contributed by atoms with van der Waals surface area (Å²) in [6, 6.07) is 7.42. The van der Waals surface area contributed by atoms with E-state index < -0.39 is 0 Å². The van der Waals surface area contributed by atoms with Crippen LogP contribution in [0.5, 0.6) is 0 Å². The number of ether oxygens (including phenoxy) is 1. The van der Waals surface area contributed by atoms with Gasteiger partial charge in [0.2, 0.25) is 0 Å². The van der Waals surface area contributed by atoms with E-state index in [4.69, 9.17) is 9.26 Å². The summed E-state index contributed by atoms with van der Waals surface area (Å²) in [5.41, 5.74) is 1.00. The summed E-state index contributed by atoms with van der Waals surface area (Å²) < 4.78 is 10.8. The van der Waals surface area contributed by atoms with Crippen LogP contribution in [0.25, 0.3) is 11.5 Å². The predicted molar refractivity (Wildman–Crippen MR) is 87.6 cm³/mol. The van der Waals surface area contributed by atoms with Crippen LogP contribution in [0.15, 0.2) is 28.8 Å². The van der Waals surface area contributed by atoms with Crippen molar-refractivity contribution in [3.8, 4) is 11.5 Å². The fourth-order valence-electron chi connectivity index (χ4n) is 3.13. The van der Waals surface area contributed by atoms with E-state index in [9.17, 15) is 4.79 Å². The molecule has 4 rings (SSSR count). The maximum Gasteiger partial charge on any atom is 0.258 e. The molecule has 0 bridgehead atoms. The van der Waals surface area contributed by atoms with Crippen molar-refractivity contribution in [2.24, 2.45) is 0 Å². The third kappa shape index (κ3) is 2.24. The number of carbonyl (C=O) groups excluding carboxylic acids is 1. The van der Waals surface area contributed by atoms with Gasteiger partial charge in [-0.25, -0.2) is 0 Å². The van der Waals surface area contributed by atoms with Crippen LogP contribution in [0.3, 0.4) is 0 Å². The average molecular weight is 327 g/mol. The molecule has 1 aromatic heterocycles. The van der Waals surface area contributed by atoms with Gasteiger partial charge in [0, 0.05) is 12.0 Å². The first-order chi connectivity index (χ1) is 11.4. The van der Waals surface area contributed by atoms with E-state index in [0.717, 1.165) is 13.0 Å². The molecule has 0 saturated carbocycles. The maximum absolute atomic E-state index is 13.0. The van der Waals surface area contributed by atoms with Crippen molar-refractivity contribution >= 4 is 5.91 Å². The monoisotopic (exact) mass is 327 g/mol. The maximum atomic E-state index is 13.0. The topological polar surface area (TPSA) is 68.5 Å². The Morgan fingerprint density at radius 1 is 1.25 bits per heavy atom. The Kier molecular flexibility index (Phi) is 3.28. The Bertz CT molecular complexity index is 781. The third-order valence-corrected chi connectivity index (χ3v) is 4.84. The highest BCUT2D eigenvalue weighted by Crippen LogP contribution is 2.39. The Morgan fingerprint density at radius 3 is 2.54 bits per heavy atom. The zero-order valence-electron chi connectivity index (χ0n) is 14.2. The highest BCUT2D eigenvalue weighted by Gasteiger charge is 2.53. The Labute approximate surface area is 140 Å². The quantitative estimate of drug-likeness (QED) is 0.848. The minimum atomic E-state index is -0.203. The number of aromatic nitrogens is 2. The Balaban J connectivity index is 1.68. The first-order valence-corrected chi connectivity index (χ1v) is 8.24. The van der Waals surface area contributed by atoms with E-state index in [0.29, 0.717) is 36.1 Å². The van der Waals surface area contributed by atoms with Gasteiger partial charge in [0.1, 0.15) is 0 Å². The molecule has 6 heteroatoms. The van der Waals surface area contributed by atoms with Crippen LogP contribution in [0, 0.1) is 0 Å². The minimum absolute atomic E-state index is 0.00987. The van der Waals surface area contributed by atoms with E-state index in [1.54, 1.807) is 0 Å². The Morgan fingerprint density at radius 2 is 2.00 bits per heavy atom. The van der Waals surface area contributed by atoms with Crippen LogP contribution in [0.1, 0.15) is 43.4 Å². The van der Waals surface area contributed by atoms with E-state index in [1.165, 1.54) is 0 Å². The van der Waals surface area contributed by atoms with E-state index in [1.807, 2.05) is 49.9 Å². The van der Waals surface area contributed by atoms with Crippen LogP contribution in [-0.2, 0) is 10.2 Å². The van der Waals surface area contributed by atoms with Crippen molar-refractivity contribution in [1.82, 2.24) is 15.0 Å². The number of likely N-dealkylation sites (tertiary alicyclic amines) is 1. The number of benzene rings is 1. The normalized spacial score (nSPS) is 19.0. The van der Waals surface area contributed by atoms with Gasteiger partial charge in [-0.05, 0) is 18.6 Å². The van der Waals surface area contributed by atoms with Crippen molar-refractivity contribution in [2.45, 2.75) is 38.1 Å². The molecule has 2 fully saturated rings. The molecule has 0 radical (unpaired) electrons. The van der Waals surface area contributed by atoms with Gasteiger partial charge in [-0.15, -0.1) is 0 Å². The first kappa shape index (κ1) is 15.3. The molecule has 2 aliphatic heterocycles. The molecule has 2 saturated heterocycles. The second-order valence-corrected chi connectivity index (χ2v) is 7.64. The van der Waals surface area contributed by atoms with Gasteiger partial charge in [-0.2, -0.15) is 4.98 Å². The van der Waals surface area contributed by atoms with Crippen molar-refractivity contribution in [3.05, 3.63) is 35.7 Å². The zero-order valence-corrected chi connectivity index (χ0v) is 14.2. The molecule has 1 aromatic carbocycles. The number of hydrogen-bond acceptors (Lipinski definition) is 5. The SMILES string of the molecule is CC(C)(C)c1noc(-c2ccccc2C(=O)N2CCC23COC3)n1. The summed E-state index contributed by atoms with van der Waals surface area (Å²) >= 11 is 0. The third-order valence-electron chi connectivity index (χ3n) is 4.84. The van der Waals surface area contributed by atoms with Crippen LogP contribution in [0.2, 0.25) is 0 Å². The van der Waals surface area contributed by atoms with Gasteiger partial charge >= 0.3 is 0 Å². The first-order valence-electron chi connectivity index (χ1n) is 8.24. The number of rotatable bonds is 2. The summed E-state index contributed by atoms with van der Waals surface area (Å²) in [4.78, 5) is 19.4. The predicted octanol–water partition coefficient (Wildman–Crippen LogP) is 2.65. The lowest BCUT2D eigenvalue weighted by atomic mass is 9.82. The standard InChI is InChI=1S/C18H21N3O3/c1-17(2,3)16-19-14(24-20-16)12-6-4-5-7-13(12)15(22)21-9-8-18(21)10-23-11-18/h4-7H,8-11H2,1-3H3. The van der Waals surface area contributed by atoms with Gasteiger partial charge in [0.15, 0.2) is 5.82 Å². The van der Waals surface area contributed by atoms with Crippen LogP contribution in [-0.4, -0.2) is 46.2 Å². The largest absolute Gasteiger partial charge is 0.376 e. The van der Waals surface area contributed by atoms with Crippen LogP contribution >= 0.6 is 0 Å². The number of nitrogens with zero attached hydrogens (tertiary/aromatic N) is 3. The van der Waals surface area contributed by atoms with Crippen molar-refractivity contribution < 1.29 is 14.1 Å². The van der Waals surface area contributed by atoms with Crippen molar-refractivity contribution in [2.75, 3.05) is 19.8 Å². The lowest BCUT2D eigenvalue weighted by Crippen LogP contribution is -2.72.